The number of anilines is 1. The molecule has 0 saturated heterocycles. The Morgan fingerprint density at radius 2 is 1.57 bits per heavy atom. The van der Waals surface area contributed by atoms with E-state index in [1.54, 1.807) is 18.2 Å². The number of hydrogen-bond acceptors (Lipinski definition) is 4. The van der Waals surface area contributed by atoms with E-state index in [-0.39, 0.29) is 22.5 Å². The van der Waals surface area contributed by atoms with Gasteiger partial charge in [-0.1, -0.05) is 28.1 Å². The fourth-order valence-corrected chi connectivity index (χ4v) is 2.59. The smallest absolute Gasteiger partial charge is 0.268 e. The van der Waals surface area contributed by atoms with Crippen molar-refractivity contribution in [3.8, 4) is 0 Å². The van der Waals surface area contributed by atoms with Crippen LogP contribution in [0.2, 0.25) is 0 Å². The van der Waals surface area contributed by atoms with Gasteiger partial charge in [0, 0.05) is 10.5 Å². The van der Waals surface area contributed by atoms with Gasteiger partial charge in [-0.3, -0.25) is 19.7 Å². The van der Waals surface area contributed by atoms with Crippen molar-refractivity contribution < 1.29 is 14.5 Å². The highest BCUT2D eigenvalue weighted by atomic mass is 79.9. The molecule has 0 aliphatic carbocycles. The molecular weight excluding hydrogens is 340 g/mol. The lowest BCUT2D eigenvalue weighted by molar-refractivity contribution is -0.384. The number of halogens is 1. The van der Waals surface area contributed by atoms with E-state index in [9.17, 15) is 19.7 Å². The monoisotopic (exact) mass is 346 g/mol. The molecule has 6 nitrogen and oxygen atoms in total. The molecule has 1 aliphatic rings. The van der Waals surface area contributed by atoms with Gasteiger partial charge in [-0.15, -0.1) is 0 Å². The van der Waals surface area contributed by atoms with Gasteiger partial charge < -0.3 is 0 Å². The van der Waals surface area contributed by atoms with Crippen molar-refractivity contribution in [2.45, 2.75) is 0 Å². The van der Waals surface area contributed by atoms with E-state index in [0.29, 0.717) is 4.47 Å². The molecule has 0 saturated carbocycles. The highest BCUT2D eigenvalue weighted by molar-refractivity contribution is 9.10. The molecule has 0 atom stereocenters. The van der Waals surface area contributed by atoms with Gasteiger partial charge in [0.2, 0.25) is 0 Å². The van der Waals surface area contributed by atoms with Crippen molar-refractivity contribution in [1.82, 2.24) is 0 Å². The second kappa shape index (κ2) is 4.78. The maximum atomic E-state index is 12.3. The van der Waals surface area contributed by atoms with Gasteiger partial charge in [-0.05, 0) is 24.3 Å². The van der Waals surface area contributed by atoms with E-state index < -0.39 is 16.7 Å². The zero-order chi connectivity index (χ0) is 15.1. The molecule has 2 aromatic rings. The number of amides is 2. The summed E-state index contributed by atoms with van der Waals surface area (Å²) in [6.07, 6.45) is 0. The Kier molecular flexibility index (Phi) is 3.06. The van der Waals surface area contributed by atoms with Crippen molar-refractivity contribution in [1.29, 1.82) is 0 Å². The van der Waals surface area contributed by atoms with E-state index >= 15 is 0 Å². The molecular formula is C14H7BrN2O4. The summed E-state index contributed by atoms with van der Waals surface area (Å²) in [6.45, 7) is 0. The summed E-state index contributed by atoms with van der Waals surface area (Å²) in [7, 11) is 0. The molecule has 1 heterocycles. The Morgan fingerprint density at radius 3 is 2.10 bits per heavy atom. The molecule has 0 unspecified atom stereocenters. The lowest BCUT2D eigenvalue weighted by Crippen LogP contribution is -2.30. The first-order valence-electron chi connectivity index (χ1n) is 5.92. The molecule has 0 radical (unpaired) electrons. The summed E-state index contributed by atoms with van der Waals surface area (Å²) in [4.78, 5) is 36.0. The molecule has 0 N–H and O–H groups in total. The SMILES string of the molecule is O=C1c2ccccc2C(=O)N1c1ccc(Br)cc1[N+](=O)[O-]. The average Bonchev–Trinajstić information content (AvgIpc) is 2.72. The van der Waals surface area contributed by atoms with E-state index in [0.717, 1.165) is 4.90 Å². The van der Waals surface area contributed by atoms with E-state index in [1.165, 1.54) is 24.3 Å². The van der Waals surface area contributed by atoms with E-state index in [1.807, 2.05) is 0 Å². The molecule has 2 aromatic carbocycles. The van der Waals surface area contributed by atoms with Gasteiger partial charge in [0.15, 0.2) is 0 Å². The Hall–Kier alpha value is -2.54. The van der Waals surface area contributed by atoms with Crippen molar-refractivity contribution in [3.63, 3.8) is 0 Å². The van der Waals surface area contributed by atoms with Crippen LogP contribution in [0.5, 0.6) is 0 Å². The van der Waals surface area contributed by atoms with Crippen molar-refractivity contribution >= 4 is 39.1 Å². The second-order valence-electron chi connectivity index (χ2n) is 4.38. The van der Waals surface area contributed by atoms with Gasteiger partial charge in [-0.25, -0.2) is 4.90 Å². The first-order valence-corrected chi connectivity index (χ1v) is 6.72. The Labute approximate surface area is 127 Å². The topological polar surface area (TPSA) is 80.5 Å². The van der Waals surface area contributed by atoms with E-state index in [2.05, 4.69) is 15.9 Å². The fourth-order valence-electron chi connectivity index (χ4n) is 2.24. The standard InChI is InChI=1S/C14H7BrN2O4/c15-8-5-6-11(12(7-8)17(20)21)16-13(18)9-3-1-2-4-10(9)14(16)19/h1-7H. The minimum Gasteiger partial charge on any atom is -0.268 e. The molecule has 0 bridgehead atoms. The number of fused-ring (bicyclic) bond motifs is 1. The Balaban J connectivity index is 2.18. The maximum Gasteiger partial charge on any atom is 0.294 e. The van der Waals surface area contributed by atoms with Crippen molar-refractivity contribution in [2.24, 2.45) is 0 Å². The van der Waals surface area contributed by atoms with Crippen LogP contribution < -0.4 is 4.90 Å². The predicted molar refractivity (Wildman–Crippen MR) is 78.4 cm³/mol. The lowest BCUT2D eigenvalue weighted by atomic mass is 10.1. The van der Waals surface area contributed by atoms with Crippen LogP contribution in [0.25, 0.3) is 0 Å². The van der Waals surface area contributed by atoms with Gasteiger partial charge in [0.05, 0.1) is 16.1 Å². The summed E-state index contributed by atoms with van der Waals surface area (Å²) >= 11 is 3.14. The van der Waals surface area contributed by atoms with Crippen LogP contribution in [-0.2, 0) is 0 Å². The number of rotatable bonds is 2. The average molecular weight is 347 g/mol. The van der Waals surface area contributed by atoms with Crippen LogP contribution in [0.3, 0.4) is 0 Å². The number of imide groups is 1. The van der Waals surface area contributed by atoms with Gasteiger partial charge in [0.25, 0.3) is 17.5 Å². The lowest BCUT2D eigenvalue weighted by Gasteiger charge is -2.14. The third kappa shape index (κ3) is 2.02. The third-order valence-corrected chi connectivity index (χ3v) is 3.66. The molecule has 0 fully saturated rings. The van der Waals surface area contributed by atoms with Crippen LogP contribution in [0.1, 0.15) is 20.7 Å². The Morgan fingerprint density at radius 1 is 1.00 bits per heavy atom. The Bertz CT molecular complexity index is 768. The van der Waals surface area contributed by atoms with Crippen LogP contribution in [0, 0.1) is 10.1 Å². The van der Waals surface area contributed by atoms with Crippen LogP contribution in [0.15, 0.2) is 46.9 Å². The first-order chi connectivity index (χ1) is 10.0. The minimum absolute atomic E-state index is 0.0330. The van der Waals surface area contributed by atoms with Crippen molar-refractivity contribution in [3.05, 3.63) is 68.2 Å². The number of carbonyl (C=O) groups is 2. The molecule has 0 spiro atoms. The van der Waals surface area contributed by atoms with Crippen LogP contribution >= 0.6 is 15.9 Å². The number of carbonyl (C=O) groups excluding carboxylic acids is 2. The normalized spacial score (nSPS) is 13.5. The molecule has 3 rings (SSSR count). The third-order valence-electron chi connectivity index (χ3n) is 3.17. The quantitative estimate of drug-likeness (QED) is 0.475. The molecule has 21 heavy (non-hydrogen) atoms. The van der Waals surface area contributed by atoms with Gasteiger partial charge in [-0.2, -0.15) is 0 Å². The van der Waals surface area contributed by atoms with Gasteiger partial charge in [0.1, 0.15) is 5.69 Å². The number of nitro groups is 1. The predicted octanol–water partition coefficient (Wildman–Crippen LogP) is 3.16. The summed E-state index contributed by atoms with van der Waals surface area (Å²) in [5.41, 5.74) is 0.160. The number of hydrogen-bond donors (Lipinski definition) is 0. The number of benzene rings is 2. The summed E-state index contributed by atoms with van der Waals surface area (Å²) in [5, 5.41) is 11.2. The minimum atomic E-state index is -0.621. The number of nitro benzene ring substituents is 1. The zero-order valence-corrected chi connectivity index (χ0v) is 12.0. The highest BCUT2D eigenvalue weighted by Gasteiger charge is 2.39. The zero-order valence-electron chi connectivity index (χ0n) is 10.4. The second-order valence-corrected chi connectivity index (χ2v) is 5.30. The fraction of sp³-hybridized carbons (Fsp3) is 0. The molecule has 104 valence electrons. The summed E-state index contributed by atoms with van der Waals surface area (Å²) in [6, 6.07) is 10.5. The first kappa shape index (κ1) is 13.4. The van der Waals surface area contributed by atoms with Crippen LogP contribution in [-0.4, -0.2) is 16.7 Å². The highest BCUT2D eigenvalue weighted by Crippen LogP contribution is 2.36. The summed E-state index contributed by atoms with van der Waals surface area (Å²) < 4.78 is 0.495. The van der Waals surface area contributed by atoms with E-state index in [4.69, 9.17) is 0 Å². The van der Waals surface area contributed by atoms with Crippen LogP contribution in [0.4, 0.5) is 11.4 Å². The van der Waals surface area contributed by atoms with Gasteiger partial charge >= 0.3 is 0 Å². The maximum absolute atomic E-state index is 12.3. The summed E-state index contributed by atoms with van der Waals surface area (Å²) in [5.74, 6) is -1.11. The largest absolute Gasteiger partial charge is 0.294 e. The van der Waals surface area contributed by atoms with Crippen molar-refractivity contribution in [2.75, 3.05) is 4.90 Å². The molecule has 0 aromatic heterocycles. The molecule has 1 aliphatic heterocycles. The number of nitrogens with zero attached hydrogens (tertiary/aromatic N) is 2. The molecule has 2 amide bonds. The molecule has 7 heteroatoms.